The van der Waals surface area contributed by atoms with E-state index in [0.29, 0.717) is 6.92 Å². The van der Waals surface area contributed by atoms with Crippen LogP contribution in [0.25, 0.3) is 0 Å². The van der Waals surface area contributed by atoms with Crippen LogP contribution < -0.4 is 0 Å². The Kier molecular flexibility index (Phi) is 3.39. The van der Waals surface area contributed by atoms with E-state index in [2.05, 4.69) is 0 Å². The predicted octanol–water partition coefficient (Wildman–Crippen LogP) is 3.25. The molecule has 0 N–H and O–H groups in total. The van der Waals surface area contributed by atoms with Crippen molar-refractivity contribution in [1.82, 2.24) is 0 Å². The van der Waals surface area contributed by atoms with Gasteiger partial charge >= 0.3 is 5.92 Å². The van der Waals surface area contributed by atoms with Crippen LogP contribution in [0, 0.1) is 5.82 Å². The zero-order chi connectivity index (χ0) is 11.6. The summed E-state index contributed by atoms with van der Waals surface area (Å²) in [5.41, 5.74) is 0.271. The first-order chi connectivity index (χ1) is 6.80. The summed E-state index contributed by atoms with van der Waals surface area (Å²) in [6.45, 7) is 0.528. The number of carbonyl (C=O) groups excluding carboxylic acids is 1. The van der Waals surface area contributed by atoms with Gasteiger partial charge in [-0.1, -0.05) is 17.7 Å². The first-order valence-electron chi connectivity index (χ1n) is 4.16. The highest BCUT2D eigenvalue weighted by atomic mass is 35.5. The molecule has 0 atom stereocenters. The van der Waals surface area contributed by atoms with Gasteiger partial charge in [-0.15, -0.1) is 0 Å². The summed E-state index contributed by atoms with van der Waals surface area (Å²) in [4.78, 5) is 10.9. The molecule has 82 valence electrons. The fraction of sp³-hybridized carbons (Fsp3) is 0.300. The second-order valence-electron chi connectivity index (χ2n) is 3.24. The molecule has 0 aliphatic carbocycles. The number of halogens is 4. The average Bonchev–Trinajstić information content (AvgIpc) is 2.10. The lowest BCUT2D eigenvalue weighted by Gasteiger charge is -2.08. The molecule has 5 heteroatoms. The Bertz CT molecular complexity index is 385. The fourth-order valence-electron chi connectivity index (χ4n) is 0.990. The molecule has 0 fully saturated rings. The lowest BCUT2D eigenvalue weighted by atomic mass is 10.1. The molecular weight excluding hydrogens is 229 g/mol. The summed E-state index contributed by atoms with van der Waals surface area (Å²) in [6, 6.07) is 3.46. The molecule has 0 saturated heterocycles. The second kappa shape index (κ2) is 4.23. The van der Waals surface area contributed by atoms with Gasteiger partial charge in [0.15, 0.2) is 0 Å². The smallest absolute Gasteiger partial charge is 0.293 e. The van der Waals surface area contributed by atoms with Crippen molar-refractivity contribution in [3.05, 3.63) is 34.6 Å². The molecule has 0 heterocycles. The van der Waals surface area contributed by atoms with E-state index >= 15 is 0 Å². The summed E-state index contributed by atoms with van der Waals surface area (Å²) in [7, 11) is 0. The van der Waals surface area contributed by atoms with Crippen molar-refractivity contribution in [3.63, 3.8) is 0 Å². The molecule has 15 heavy (non-hydrogen) atoms. The van der Waals surface area contributed by atoms with Crippen LogP contribution in [0.5, 0.6) is 0 Å². The van der Waals surface area contributed by atoms with E-state index in [1.165, 1.54) is 12.1 Å². The zero-order valence-corrected chi connectivity index (χ0v) is 8.62. The standard InChI is InChI=1S/C10H8ClF3O/c1-10(13,14)9(15)5-6-2-3-8(12)7(11)4-6/h2-4H,5H2,1H3. The van der Waals surface area contributed by atoms with Gasteiger partial charge in [-0.25, -0.2) is 4.39 Å². The minimum atomic E-state index is -3.37. The Morgan fingerprint density at radius 3 is 2.53 bits per heavy atom. The van der Waals surface area contributed by atoms with E-state index in [4.69, 9.17) is 11.6 Å². The third-order valence-corrected chi connectivity index (χ3v) is 2.13. The molecule has 0 saturated carbocycles. The Morgan fingerprint density at radius 2 is 2.07 bits per heavy atom. The van der Waals surface area contributed by atoms with Crippen molar-refractivity contribution in [2.75, 3.05) is 0 Å². The summed E-state index contributed by atoms with van der Waals surface area (Å²) < 4.78 is 37.8. The van der Waals surface area contributed by atoms with Crippen molar-refractivity contribution >= 4 is 17.4 Å². The van der Waals surface area contributed by atoms with Gasteiger partial charge in [-0.2, -0.15) is 8.78 Å². The van der Waals surface area contributed by atoms with Crippen molar-refractivity contribution in [2.45, 2.75) is 19.3 Å². The molecule has 1 nitrogen and oxygen atoms in total. The van der Waals surface area contributed by atoms with Crippen LogP contribution in [-0.4, -0.2) is 11.7 Å². The molecular formula is C10H8ClF3O. The fourth-order valence-corrected chi connectivity index (χ4v) is 1.19. The van der Waals surface area contributed by atoms with E-state index in [0.717, 1.165) is 6.07 Å². The van der Waals surface area contributed by atoms with Crippen molar-refractivity contribution in [2.24, 2.45) is 0 Å². The van der Waals surface area contributed by atoms with Crippen LogP contribution in [0.2, 0.25) is 5.02 Å². The van der Waals surface area contributed by atoms with E-state index in [1.54, 1.807) is 0 Å². The lowest BCUT2D eigenvalue weighted by molar-refractivity contribution is -0.139. The molecule has 0 aliphatic heterocycles. The first-order valence-corrected chi connectivity index (χ1v) is 4.53. The Labute approximate surface area is 89.9 Å². The number of ketones is 1. The Hall–Kier alpha value is -1.03. The predicted molar refractivity (Wildman–Crippen MR) is 50.7 cm³/mol. The Balaban J connectivity index is 2.83. The van der Waals surface area contributed by atoms with Crippen LogP contribution >= 0.6 is 11.6 Å². The maximum absolute atomic E-state index is 12.7. The zero-order valence-electron chi connectivity index (χ0n) is 7.86. The topological polar surface area (TPSA) is 17.1 Å². The van der Waals surface area contributed by atoms with Crippen LogP contribution in [0.3, 0.4) is 0 Å². The molecule has 0 unspecified atom stereocenters. The highest BCUT2D eigenvalue weighted by molar-refractivity contribution is 6.30. The van der Waals surface area contributed by atoms with Crippen LogP contribution in [0.1, 0.15) is 12.5 Å². The molecule has 0 aromatic heterocycles. The van der Waals surface area contributed by atoms with Gasteiger partial charge in [0.2, 0.25) is 5.78 Å². The van der Waals surface area contributed by atoms with Crippen LogP contribution in [-0.2, 0) is 11.2 Å². The van der Waals surface area contributed by atoms with Gasteiger partial charge in [-0.05, 0) is 17.7 Å². The number of hydrogen-bond acceptors (Lipinski definition) is 1. The van der Waals surface area contributed by atoms with Gasteiger partial charge in [-0.3, -0.25) is 4.79 Å². The third-order valence-electron chi connectivity index (χ3n) is 1.84. The van der Waals surface area contributed by atoms with E-state index in [-0.39, 0.29) is 10.6 Å². The third kappa shape index (κ3) is 3.23. The van der Waals surface area contributed by atoms with Crippen LogP contribution in [0.4, 0.5) is 13.2 Å². The molecule has 1 aromatic carbocycles. The summed E-state index contributed by atoms with van der Waals surface area (Å²) in [6.07, 6.45) is -0.455. The average molecular weight is 237 g/mol. The molecule has 1 aromatic rings. The van der Waals surface area contributed by atoms with Crippen molar-refractivity contribution in [1.29, 1.82) is 0 Å². The maximum atomic E-state index is 12.7. The largest absolute Gasteiger partial charge is 0.302 e. The van der Waals surface area contributed by atoms with Crippen LogP contribution in [0.15, 0.2) is 18.2 Å². The first kappa shape index (κ1) is 12.0. The minimum Gasteiger partial charge on any atom is -0.293 e. The van der Waals surface area contributed by atoms with Gasteiger partial charge < -0.3 is 0 Å². The normalized spacial score (nSPS) is 11.5. The minimum absolute atomic E-state index is 0.181. The quantitative estimate of drug-likeness (QED) is 0.787. The highest BCUT2D eigenvalue weighted by Gasteiger charge is 2.31. The van der Waals surface area contributed by atoms with Gasteiger partial charge in [0, 0.05) is 13.3 Å². The number of carbonyl (C=O) groups is 1. The molecule has 0 aliphatic rings. The van der Waals surface area contributed by atoms with Crippen molar-refractivity contribution < 1.29 is 18.0 Å². The van der Waals surface area contributed by atoms with Gasteiger partial charge in [0.05, 0.1) is 5.02 Å². The number of rotatable bonds is 3. The second-order valence-corrected chi connectivity index (χ2v) is 3.64. The number of alkyl halides is 2. The van der Waals surface area contributed by atoms with Gasteiger partial charge in [0.25, 0.3) is 0 Å². The maximum Gasteiger partial charge on any atom is 0.302 e. The van der Waals surface area contributed by atoms with E-state index in [1.807, 2.05) is 0 Å². The molecule has 0 spiro atoms. The summed E-state index contributed by atoms with van der Waals surface area (Å²) in [5.74, 6) is -5.23. The Morgan fingerprint density at radius 1 is 1.47 bits per heavy atom. The molecule has 0 amide bonds. The van der Waals surface area contributed by atoms with E-state index < -0.39 is 23.9 Å². The number of benzene rings is 1. The number of hydrogen-bond donors (Lipinski definition) is 0. The highest BCUT2D eigenvalue weighted by Crippen LogP contribution is 2.20. The van der Waals surface area contributed by atoms with Gasteiger partial charge in [0.1, 0.15) is 5.82 Å². The van der Waals surface area contributed by atoms with E-state index in [9.17, 15) is 18.0 Å². The molecule has 1 rings (SSSR count). The van der Waals surface area contributed by atoms with Crippen molar-refractivity contribution in [3.8, 4) is 0 Å². The number of Topliss-reactive ketones (excluding diaryl/α,β-unsaturated/α-hetero) is 1. The summed E-state index contributed by atoms with van der Waals surface area (Å²) in [5, 5.41) is -0.181. The molecule has 0 radical (unpaired) electrons. The molecule has 0 bridgehead atoms. The monoisotopic (exact) mass is 236 g/mol. The SMILES string of the molecule is CC(F)(F)C(=O)Cc1ccc(F)c(Cl)c1. The summed E-state index contributed by atoms with van der Waals surface area (Å²) >= 11 is 5.44. The lowest BCUT2D eigenvalue weighted by Crippen LogP contribution is -2.26.